The second-order valence-corrected chi connectivity index (χ2v) is 3.63. The number of alkyl halides is 2. The van der Waals surface area contributed by atoms with Crippen LogP contribution in [0.5, 0.6) is 0 Å². The van der Waals surface area contributed by atoms with Crippen LogP contribution in [0.25, 0.3) is 0 Å². The van der Waals surface area contributed by atoms with Crippen molar-refractivity contribution >= 4 is 12.4 Å². The van der Waals surface area contributed by atoms with Gasteiger partial charge in [-0.2, -0.15) is 8.78 Å². The van der Waals surface area contributed by atoms with Crippen molar-refractivity contribution in [3.63, 3.8) is 0 Å². The number of rotatable bonds is 2. The summed E-state index contributed by atoms with van der Waals surface area (Å²) >= 11 is 0. The molecule has 0 radical (unpaired) electrons. The monoisotopic (exact) mass is 213 g/mol. The summed E-state index contributed by atoms with van der Waals surface area (Å²) in [5, 5.41) is 3.37. The molecule has 2 aliphatic heterocycles. The topological polar surface area (TPSA) is 21.3 Å². The minimum atomic E-state index is -2.60. The molecule has 1 N–H and O–H groups in total. The molecule has 5 heteroatoms. The smallest absolute Gasteiger partial charge is 0.320 e. The summed E-state index contributed by atoms with van der Waals surface area (Å²) in [7, 11) is 0. The van der Waals surface area contributed by atoms with Gasteiger partial charge in [-0.1, -0.05) is 0 Å². The molecule has 13 heavy (non-hydrogen) atoms. The summed E-state index contributed by atoms with van der Waals surface area (Å²) in [5.41, 5.74) is 0. The van der Waals surface area contributed by atoms with Crippen LogP contribution in [0, 0.1) is 0 Å². The third kappa shape index (κ3) is 2.76. The highest BCUT2D eigenvalue weighted by Gasteiger charge is 2.34. The fraction of sp³-hybridized carbons (Fsp3) is 1.00. The Kier molecular flexibility index (Phi) is 3.88. The Morgan fingerprint density at radius 1 is 1.15 bits per heavy atom. The number of halogens is 3. The Morgan fingerprint density at radius 2 is 1.69 bits per heavy atom. The van der Waals surface area contributed by atoms with Crippen molar-refractivity contribution in [1.29, 1.82) is 0 Å². The maximum absolute atomic E-state index is 11.9. The number of nitrogens with one attached hydrogen (secondary N) is 1. The van der Waals surface area contributed by atoms with E-state index in [1.54, 1.807) is 0 Å². The minimum absolute atomic E-state index is 0. The summed E-state index contributed by atoms with van der Waals surface area (Å²) in [6, 6.07) is 0.847. The fourth-order valence-corrected chi connectivity index (χ4v) is 2.26. The van der Waals surface area contributed by atoms with E-state index in [0.29, 0.717) is 12.1 Å². The van der Waals surface area contributed by atoms with E-state index in [9.17, 15) is 8.78 Å². The van der Waals surface area contributed by atoms with Crippen LogP contribution in [0.2, 0.25) is 0 Å². The van der Waals surface area contributed by atoms with E-state index in [4.69, 9.17) is 0 Å². The Balaban J connectivity index is 0.000000845. The molecule has 0 aliphatic carbocycles. The molecule has 0 aromatic heterocycles. The first-order valence-electron chi connectivity index (χ1n) is 4.43. The molecule has 2 heterocycles. The van der Waals surface area contributed by atoms with Gasteiger partial charge < -0.3 is 10.1 Å². The Labute approximate surface area is 82.4 Å². The molecule has 2 rings (SSSR count). The van der Waals surface area contributed by atoms with Gasteiger partial charge in [-0.15, -0.1) is 12.4 Å². The molecule has 0 aromatic carbocycles. The molecular formula is C8H14ClF2NO. The Hall–Kier alpha value is 0.0700. The van der Waals surface area contributed by atoms with Gasteiger partial charge in [0.25, 0.3) is 0 Å². The lowest BCUT2D eigenvalue weighted by Crippen LogP contribution is -2.41. The third-order valence-corrected chi connectivity index (χ3v) is 2.73. The van der Waals surface area contributed by atoms with Crippen molar-refractivity contribution in [3.8, 4) is 0 Å². The van der Waals surface area contributed by atoms with Crippen molar-refractivity contribution < 1.29 is 13.5 Å². The highest BCUT2D eigenvalue weighted by atomic mass is 35.5. The zero-order chi connectivity index (χ0) is 8.55. The van der Waals surface area contributed by atoms with Gasteiger partial charge in [0.1, 0.15) is 0 Å². The summed E-state index contributed by atoms with van der Waals surface area (Å²) < 4.78 is 28.2. The van der Waals surface area contributed by atoms with Gasteiger partial charge in [0.2, 0.25) is 0 Å². The van der Waals surface area contributed by atoms with Crippen molar-refractivity contribution in [3.05, 3.63) is 0 Å². The van der Waals surface area contributed by atoms with E-state index < -0.39 is 6.61 Å². The normalized spacial score (nSPS) is 37.6. The zero-order valence-electron chi connectivity index (χ0n) is 7.21. The molecule has 2 fully saturated rings. The van der Waals surface area contributed by atoms with Crippen molar-refractivity contribution in [1.82, 2.24) is 5.32 Å². The molecule has 0 amide bonds. The number of piperidine rings is 1. The van der Waals surface area contributed by atoms with Crippen LogP contribution in [0.1, 0.15) is 25.7 Å². The first-order chi connectivity index (χ1) is 5.74. The van der Waals surface area contributed by atoms with Gasteiger partial charge in [-0.25, -0.2) is 0 Å². The second kappa shape index (κ2) is 4.53. The van der Waals surface area contributed by atoms with E-state index in [2.05, 4.69) is 10.1 Å². The molecule has 2 unspecified atom stereocenters. The molecule has 2 nitrogen and oxygen atoms in total. The van der Waals surface area contributed by atoms with Crippen LogP contribution in [0.3, 0.4) is 0 Å². The van der Waals surface area contributed by atoms with Crippen molar-refractivity contribution in [2.45, 2.75) is 50.5 Å². The number of ether oxygens (including phenoxy) is 1. The summed E-state index contributed by atoms with van der Waals surface area (Å²) in [6.07, 6.45) is 3.52. The standard InChI is InChI=1S/C8H13F2NO.ClH/c9-8(10)12-7-3-5-1-2-6(4-7)11-5;/h5-8,11H,1-4H2;1H. The van der Waals surface area contributed by atoms with Gasteiger partial charge in [-0.05, 0) is 25.7 Å². The quantitative estimate of drug-likeness (QED) is 0.757. The Bertz CT molecular complexity index is 158. The number of hydrogen-bond acceptors (Lipinski definition) is 2. The first-order valence-corrected chi connectivity index (χ1v) is 4.43. The predicted molar refractivity (Wildman–Crippen MR) is 47.3 cm³/mol. The van der Waals surface area contributed by atoms with E-state index in [1.807, 2.05) is 0 Å². The zero-order valence-corrected chi connectivity index (χ0v) is 8.03. The largest absolute Gasteiger partial charge is 0.345 e. The van der Waals surface area contributed by atoms with Gasteiger partial charge >= 0.3 is 6.61 Å². The summed E-state index contributed by atoms with van der Waals surface area (Å²) in [4.78, 5) is 0. The second-order valence-electron chi connectivity index (χ2n) is 3.63. The highest BCUT2D eigenvalue weighted by Crippen LogP contribution is 2.29. The van der Waals surface area contributed by atoms with E-state index in [0.717, 1.165) is 25.7 Å². The molecule has 2 bridgehead atoms. The number of hydrogen-bond donors (Lipinski definition) is 1. The van der Waals surface area contributed by atoms with E-state index >= 15 is 0 Å². The lowest BCUT2D eigenvalue weighted by atomic mass is 10.0. The van der Waals surface area contributed by atoms with Gasteiger partial charge in [0.15, 0.2) is 0 Å². The predicted octanol–water partition coefficient (Wildman–Crippen LogP) is 1.93. The van der Waals surface area contributed by atoms with Gasteiger partial charge in [0.05, 0.1) is 6.10 Å². The molecule has 2 atom stereocenters. The lowest BCUT2D eigenvalue weighted by Gasteiger charge is -2.28. The van der Waals surface area contributed by atoms with E-state index in [1.165, 1.54) is 0 Å². The first kappa shape index (κ1) is 11.1. The SMILES string of the molecule is Cl.FC(F)OC1CC2CCC(C1)N2. The maximum atomic E-state index is 11.9. The van der Waals surface area contributed by atoms with E-state index in [-0.39, 0.29) is 18.5 Å². The Morgan fingerprint density at radius 3 is 2.15 bits per heavy atom. The fourth-order valence-electron chi connectivity index (χ4n) is 2.26. The van der Waals surface area contributed by atoms with Crippen LogP contribution < -0.4 is 5.32 Å². The molecule has 0 aromatic rings. The van der Waals surface area contributed by atoms with Crippen LogP contribution >= 0.6 is 12.4 Å². The molecule has 2 saturated heterocycles. The van der Waals surface area contributed by atoms with Crippen LogP contribution in [-0.4, -0.2) is 24.8 Å². The van der Waals surface area contributed by atoms with Crippen LogP contribution in [-0.2, 0) is 4.74 Å². The molecule has 78 valence electrons. The number of fused-ring (bicyclic) bond motifs is 2. The molecular weight excluding hydrogens is 200 g/mol. The van der Waals surface area contributed by atoms with Crippen LogP contribution in [0.15, 0.2) is 0 Å². The highest BCUT2D eigenvalue weighted by molar-refractivity contribution is 5.85. The molecule has 0 spiro atoms. The van der Waals surface area contributed by atoms with Crippen molar-refractivity contribution in [2.24, 2.45) is 0 Å². The van der Waals surface area contributed by atoms with Gasteiger partial charge in [0, 0.05) is 12.1 Å². The average molecular weight is 214 g/mol. The summed E-state index contributed by atoms with van der Waals surface area (Å²) in [6.45, 7) is -2.60. The van der Waals surface area contributed by atoms with Gasteiger partial charge in [-0.3, -0.25) is 0 Å². The lowest BCUT2D eigenvalue weighted by molar-refractivity contribution is -0.171. The maximum Gasteiger partial charge on any atom is 0.345 e. The minimum Gasteiger partial charge on any atom is -0.320 e. The van der Waals surface area contributed by atoms with Crippen molar-refractivity contribution in [2.75, 3.05) is 0 Å². The average Bonchev–Trinajstić information content (AvgIpc) is 2.29. The van der Waals surface area contributed by atoms with Crippen LogP contribution in [0.4, 0.5) is 8.78 Å². The summed E-state index contributed by atoms with van der Waals surface area (Å²) in [5.74, 6) is 0. The molecule has 2 aliphatic rings. The molecule has 0 saturated carbocycles. The third-order valence-electron chi connectivity index (χ3n) is 2.73.